The maximum atomic E-state index is 13.1. The molecular formula is C21H25N3O5S. The predicted molar refractivity (Wildman–Crippen MR) is 114 cm³/mol. The summed E-state index contributed by atoms with van der Waals surface area (Å²) in [7, 11) is -2.61. The molecule has 1 aliphatic rings. The molecule has 0 fully saturated rings. The van der Waals surface area contributed by atoms with Crippen molar-refractivity contribution < 1.29 is 22.7 Å². The number of carbonyl (C=O) groups is 2. The standard InChI is InChI=1S/C21H25N3O5S/c1-12-7-6-8-16(14(12)3)22-20(25)11-24(5)30(27,28)19-10-18-17(9-13(19)2)23-21(26)15(4)29-18/h6-10,15H,11H2,1-5H3,(H,22,25)(H,23,26)/t15-/m1/s1. The van der Waals surface area contributed by atoms with Crippen LogP contribution in [0.5, 0.6) is 5.75 Å². The molecule has 0 saturated heterocycles. The van der Waals surface area contributed by atoms with Crippen LogP contribution < -0.4 is 15.4 Å². The van der Waals surface area contributed by atoms with Gasteiger partial charge in [0.1, 0.15) is 5.75 Å². The van der Waals surface area contributed by atoms with Crippen LogP contribution in [0.2, 0.25) is 0 Å². The van der Waals surface area contributed by atoms with Gasteiger partial charge in [0.15, 0.2) is 6.10 Å². The number of carbonyl (C=O) groups excluding carboxylic acids is 2. The number of nitrogens with one attached hydrogen (secondary N) is 2. The average Bonchev–Trinajstić information content (AvgIpc) is 2.66. The SMILES string of the molecule is Cc1cc2c(cc1S(=O)(=O)N(C)CC(=O)Nc1cccc(C)c1C)O[C@H](C)C(=O)N2. The van der Waals surface area contributed by atoms with Crippen LogP contribution in [0.1, 0.15) is 23.6 Å². The van der Waals surface area contributed by atoms with Crippen LogP contribution in [0.15, 0.2) is 35.2 Å². The first kappa shape index (κ1) is 21.8. The molecule has 0 saturated carbocycles. The van der Waals surface area contributed by atoms with Gasteiger partial charge in [0.05, 0.1) is 17.1 Å². The summed E-state index contributed by atoms with van der Waals surface area (Å²) in [5.74, 6) is -0.459. The van der Waals surface area contributed by atoms with Crippen LogP contribution >= 0.6 is 0 Å². The molecule has 0 bridgehead atoms. The summed E-state index contributed by atoms with van der Waals surface area (Å²) in [4.78, 5) is 24.3. The average molecular weight is 432 g/mol. The Labute approximate surface area is 176 Å². The summed E-state index contributed by atoms with van der Waals surface area (Å²) in [5.41, 5.74) is 3.46. The number of likely N-dealkylation sites (N-methyl/N-ethyl adjacent to an activating group) is 1. The van der Waals surface area contributed by atoms with Crippen LogP contribution in [-0.2, 0) is 19.6 Å². The summed E-state index contributed by atoms with van der Waals surface area (Å²) in [6.07, 6.45) is -0.725. The second-order valence-corrected chi connectivity index (χ2v) is 9.43. The van der Waals surface area contributed by atoms with E-state index in [0.29, 0.717) is 16.9 Å². The van der Waals surface area contributed by atoms with Gasteiger partial charge in [-0.3, -0.25) is 9.59 Å². The smallest absolute Gasteiger partial charge is 0.265 e. The lowest BCUT2D eigenvalue weighted by Gasteiger charge is -2.25. The highest BCUT2D eigenvalue weighted by Gasteiger charge is 2.30. The lowest BCUT2D eigenvalue weighted by Crippen LogP contribution is -2.36. The fourth-order valence-corrected chi connectivity index (χ4v) is 4.50. The van der Waals surface area contributed by atoms with Crippen molar-refractivity contribution in [1.82, 2.24) is 4.31 Å². The fraction of sp³-hybridized carbons (Fsp3) is 0.333. The maximum absolute atomic E-state index is 13.1. The van der Waals surface area contributed by atoms with E-state index in [2.05, 4.69) is 10.6 Å². The Morgan fingerprint density at radius 2 is 1.90 bits per heavy atom. The first-order valence-electron chi connectivity index (χ1n) is 9.45. The number of anilines is 2. The van der Waals surface area contributed by atoms with E-state index in [1.807, 2.05) is 26.0 Å². The van der Waals surface area contributed by atoms with Crippen molar-refractivity contribution in [2.45, 2.75) is 38.7 Å². The quantitative estimate of drug-likeness (QED) is 0.757. The number of fused-ring (bicyclic) bond motifs is 1. The summed E-state index contributed by atoms with van der Waals surface area (Å²) in [5, 5.41) is 5.45. The van der Waals surface area contributed by atoms with Gasteiger partial charge in [-0.2, -0.15) is 4.31 Å². The van der Waals surface area contributed by atoms with Crippen molar-refractivity contribution in [3.05, 3.63) is 47.0 Å². The minimum absolute atomic E-state index is 0.0200. The maximum Gasteiger partial charge on any atom is 0.265 e. The molecule has 2 amide bonds. The highest BCUT2D eigenvalue weighted by molar-refractivity contribution is 7.89. The first-order chi connectivity index (χ1) is 14.0. The Kier molecular flexibility index (Phi) is 5.87. The highest BCUT2D eigenvalue weighted by Crippen LogP contribution is 2.35. The molecule has 2 N–H and O–H groups in total. The lowest BCUT2D eigenvalue weighted by molar-refractivity contribution is -0.122. The van der Waals surface area contributed by atoms with Crippen molar-refractivity contribution in [3.63, 3.8) is 0 Å². The Bertz CT molecular complexity index is 1130. The molecule has 1 atom stereocenters. The van der Waals surface area contributed by atoms with E-state index in [1.54, 1.807) is 26.0 Å². The molecule has 0 aromatic heterocycles. The third-order valence-electron chi connectivity index (χ3n) is 5.14. The second kappa shape index (κ2) is 8.08. The zero-order chi connectivity index (χ0) is 22.2. The Morgan fingerprint density at radius 3 is 2.60 bits per heavy atom. The van der Waals surface area contributed by atoms with Crippen molar-refractivity contribution in [2.24, 2.45) is 0 Å². The minimum atomic E-state index is -3.96. The molecule has 0 radical (unpaired) electrons. The molecular weight excluding hydrogens is 406 g/mol. The molecule has 1 aliphatic heterocycles. The number of hydrogen-bond acceptors (Lipinski definition) is 5. The first-order valence-corrected chi connectivity index (χ1v) is 10.9. The van der Waals surface area contributed by atoms with E-state index in [9.17, 15) is 18.0 Å². The van der Waals surface area contributed by atoms with E-state index < -0.39 is 22.0 Å². The zero-order valence-corrected chi connectivity index (χ0v) is 18.4. The van der Waals surface area contributed by atoms with Gasteiger partial charge in [0.2, 0.25) is 15.9 Å². The van der Waals surface area contributed by atoms with Crippen LogP contribution in [0.3, 0.4) is 0 Å². The number of hydrogen-bond donors (Lipinski definition) is 2. The van der Waals surface area contributed by atoms with Crippen molar-refractivity contribution in [2.75, 3.05) is 24.2 Å². The number of benzene rings is 2. The normalized spacial score (nSPS) is 15.9. The number of sulfonamides is 1. The van der Waals surface area contributed by atoms with Gasteiger partial charge < -0.3 is 15.4 Å². The molecule has 3 rings (SSSR count). The molecule has 2 aromatic rings. The Balaban J connectivity index is 1.81. The summed E-state index contributed by atoms with van der Waals surface area (Å²) < 4.78 is 32.7. The molecule has 30 heavy (non-hydrogen) atoms. The van der Waals surface area contributed by atoms with Crippen molar-refractivity contribution >= 4 is 33.2 Å². The predicted octanol–water partition coefficient (Wildman–Crippen LogP) is 2.59. The van der Waals surface area contributed by atoms with Crippen molar-refractivity contribution in [3.8, 4) is 5.75 Å². The van der Waals surface area contributed by atoms with Gasteiger partial charge in [0, 0.05) is 18.8 Å². The van der Waals surface area contributed by atoms with Crippen LogP contribution in [-0.4, -0.2) is 44.2 Å². The molecule has 160 valence electrons. The number of amides is 2. The van der Waals surface area contributed by atoms with Gasteiger partial charge in [-0.15, -0.1) is 0 Å². The Morgan fingerprint density at radius 1 is 1.20 bits per heavy atom. The monoisotopic (exact) mass is 431 g/mol. The van der Waals surface area contributed by atoms with Crippen LogP contribution in [0.4, 0.5) is 11.4 Å². The summed E-state index contributed by atoms with van der Waals surface area (Å²) in [6.45, 7) is 6.69. The molecule has 0 spiro atoms. The summed E-state index contributed by atoms with van der Waals surface area (Å²) in [6, 6.07) is 8.47. The van der Waals surface area contributed by atoms with Crippen molar-refractivity contribution in [1.29, 1.82) is 0 Å². The van der Waals surface area contributed by atoms with Gasteiger partial charge in [0.25, 0.3) is 5.91 Å². The molecule has 9 heteroatoms. The van der Waals surface area contributed by atoms with Gasteiger partial charge in [-0.25, -0.2) is 8.42 Å². The van der Waals surface area contributed by atoms with E-state index in [-0.39, 0.29) is 23.1 Å². The van der Waals surface area contributed by atoms with E-state index >= 15 is 0 Å². The number of nitrogens with zero attached hydrogens (tertiary/aromatic N) is 1. The largest absolute Gasteiger partial charge is 0.479 e. The van der Waals surface area contributed by atoms with Gasteiger partial charge >= 0.3 is 0 Å². The topological polar surface area (TPSA) is 105 Å². The van der Waals surface area contributed by atoms with Crippen LogP contribution in [0, 0.1) is 20.8 Å². The number of rotatable bonds is 5. The molecule has 1 heterocycles. The molecule has 8 nitrogen and oxygen atoms in total. The van der Waals surface area contributed by atoms with Gasteiger partial charge in [-0.1, -0.05) is 12.1 Å². The highest BCUT2D eigenvalue weighted by atomic mass is 32.2. The second-order valence-electron chi connectivity index (χ2n) is 7.42. The number of aryl methyl sites for hydroxylation is 2. The van der Waals surface area contributed by atoms with E-state index in [0.717, 1.165) is 15.4 Å². The third kappa shape index (κ3) is 4.17. The van der Waals surface area contributed by atoms with Gasteiger partial charge in [-0.05, 0) is 56.5 Å². The number of ether oxygens (including phenoxy) is 1. The Hall–Kier alpha value is -2.91. The van der Waals surface area contributed by atoms with Crippen LogP contribution in [0.25, 0.3) is 0 Å². The lowest BCUT2D eigenvalue weighted by atomic mass is 10.1. The third-order valence-corrected chi connectivity index (χ3v) is 7.09. The zero-order valence-electron chi connectivity index (χ0n) is 17.6. The minimum Gasteiger partial charge on any atom is -0.479 e. The van der Waals surface area contributed by atoms with E-state index in [4.69, 9.17) is 4.74 Å². The molecule has 2 aromatic carbocycles. The molecule has 0 aliphatic carbocycles. The van der Waals surface area contributed by atoms with E-state index in [1.165, 1.54) is 13.1 Å². The summed E-state index contributed by atoms with van der Waals surface area (Å²) >= 11 is 0. The fourth-order valence-electron chi connectivity index (χ4n) is 3.15. The molecule has 0 unspecified atom stereocenters.